The Labute approximate surface area is 137 Å². The molecule has 24 heavy (non-hydrogen) atoms. The summed E-state index contributed by atoms with van der Waals surface area (Å²) in [6, 6.07) is 8.48. The van der Waals surface area contributed by atoms with Crippen LogP contribution in [0.3, 0.4) is 0 Å². The minimum absolute atomic E-state index is 0.177. The van der Waals surface area contributed by atoms with E-state index in [1.54, 1.807) is 30.3 Å². The van der Waals surface area contributed by atoms with E-state index < -0.39 is 44.8 Å². The van der Waals surface area contributed by atoms with Gasteiger partial charge in [-0.15, -0.1) is 0 Å². The van der Waals surface area contributed by atoms with Crippen LogP contribution in [-0.4, -0.2) is 67.2 Å². The number of ether oxygens (including phenoxy) is 1. The molecule has 0 radical (unpaired) electrons. The average Bonchev–Trinajstić information content (AvgIpc) is 2.55. The predicted molar refractivity (Wildman–Crippen MR) is 78.3 cm³/mol. The van der Waals surface area contributed by atoms with Crippen LogP contribution in [0, 0.1) is 0 Å². The molecule has 0 unspecified atom stereocenters. The van der Waals surface area contributed by atoms with Crippen LogP contribution in [0.4, 0.5) is 0 Å². The van der Waals surface area contributed by atoms with Crippen molar-refractivity contribution in [3.8, 4) is 0 Å². The minimum atomic E-state index is -4.88. The summed E-state index contributed by atoms with van der Waals surface area (Å²) in [5, 5.41) is 38.3. The van der Waals surface area contributed by atoms with Crippen LogP contribution in [0.15, 0.2) is 30.3 Å². The van der Waals surface area contributed by atoms with E-state index >= 15 is 0 Å². The summed E-state index contributed by atoms with van der Waals surface area (Å²) in [6.07, 6.45) is -8.38. The van der Waals surface area contributed by atoms with Gasteiger partial charge in [0, 0.05) is 0 Å². The molecule has 10 nitrogen and oxygen atoms in total. The quantitative estimate of drug-likeness (QED) is 0.218. The van der Waals surface area contributed by atoms with Gasteiger partial charge < -0.3 is 34.9 Å². The first-order valence-corrected chi connectivity index (χ1v) is 8.27. The monoisotopic (exact) mass is 366 g/mol. The SMILES string of the molecule is O=C(OCc1ccccc1)[C@H](O)[C@@H](O)[C@H](O)[C@H](O)COP(=O)(O)O. The number of benzene rings is 1. The normalized spacial score (nSPS) is 16.9. The molecule has 0 aliphatic rings. The van der Waals surface area contributed by atoms with Crippen molar-refractivity contribution in [2.45, 2.75) is 31.0 Å². The number of aliphatic hydroxyl groups excluding tert-OH is 4. The van der Waals surface area contributed by atoms with Crippen molar-refractivity contribution >= 4 is 13.8 Å². The summed E-state index contributed by atoms with van der Waals surface area (Å²) in [7, 11) is -4.88. The van der Waals surface area contributed by atoms with Crippen molar-refractivity contribution < 1.29 is 48.8 Å². The Hall–Kier alpha value is -1.36. The lowest BCUT2D eigenvalue weighted by molar-refractivity contribution is -0.171. The summed E-state index contributed by atoms with van der Waals surface area (Å²) in [4.78, 5) is 28.6. The number of hydrogen-bond donors (Lipinski definition) is 6. The van der Waals surface area contributed by atoms with Crippen LogP contribution in [-0.2, 0) is 25.2 Å². The number of esters is 1. The summed E-state index contributed by atoms with van der Waals surface area (Å²) in [5.41, 5.74) is 0.628. The average molecular weight is 366 g/mol. The number of carbonyl (C=O) groups excluding carboxylic acids is 1. The third-order valence-corrected chi connectivity index (χ3v) is 3.43. The molecule has 0 amide bonds. The molecule has 0 heterocycles. The Balaban J connectivity index is 2.50. The van der Waals surface area contributed by atoms with Gasteiger partial charge in [-0.25, -0.2) is 9.36 Å². The number of phosphoric ester groups is 1. The van der Waals surface area contributed by atoms with E-state index in [2.05, 4.69) is 4.52 Å². The molecule has 11 heteroatoms. The minimum Gasteiger partial charge on any atom is -0.459 e. The maximum Gasteiger partial charge on any atom is 0.469 e. The number of rotatable bonds is 9. The van der Waals surface area contributed by atoms with Gasteiger partial charge in [-0.1, -0.05) is 30.3 Å². The number of phosphoric acid groups is 1. The molecule has 0 saturated heterocycles. The van der Waals surface area contributed by atoms with Crippen molar-refractivity contribution in [3.63, 3.8) is 0 Å². The molecule has 1 aromatic rings. The molecular weight excluding hydrogens is 347 g/mol. The molecule has 4 atom stereocenters. The van der Waals surface area contributed by atoms with Crippen LogP contribution < -0.4 is 0 Å². The van der Waals surface area contributed by atoms with Gasteiger partial charge in [0.25, 0.3) is 0 Å². The lowest BCUT2D eigenvalue weighted by Gasteiger charge is -2.25. The second-order valence-corrected chi connectivity index (χ2v) is 6.11. The van der Waals surface area contributed by atoms with Gasteiger partial charge in [-0.05, 0) is 5.56 Å². The summed E-state index contributed by atoms with van der Waals surface area (Å²) >= 11 is 0. The standard InChI is InChI=1S/C13H19O10P/c14-9(7-23-24(19,20)21)10(15)11(16)12(17)13(18)22-6-8-4-2-1-3-5-8/h1-5,9-12,14-17H,6-7H2,(H2,19,20,21)/t9-,10-,11+,12-/m1/s1. The first-order valence-electron chi connectivity index (χ1n) is 6.74. The summed E-state index contributed by atoms with van der Waals surface area (Å²) in [5.74, 6) is -1.24. The lowest BCUT2D eigenvalue weighted by Crippen LogP contribution is -2.49. The zero-order valence-electron chi connectivity index (χ0n) is 12.4. The highest BCUT2D eigenvalue weighted by atomic mass is 31.2. The second-order valence-electron chi connectivity index (χ2n) is 4.87. The van der Waals surface area contributed by atoms with Gasteiger partial charge in [0.15, 0.2) is 6.10 Å². The Bertz CT molecular complexity index is 559. The van der Waals surface area contributed by atoms with Gasteiger partial charge in [0.2, 0.25) is 0 Å². The maximum atomic E-state index is 11.6. The highest BCUT2D eigenvalue weighted by molar-refractivity contribution is 7.46. The van der Waals surface area contributed by atoms with Crippen molar-refractivity contribution in [1.82, 2.24) is 0 Å². The number of carbonyl (C=O) groups is 1. The van der Waals surface area contributed by atoms with Crippen LogP contribution in [0.25, 0.3) is 0 Å². The van der Waals surface area contributed by atoms with Crippen molar-refractivity contribution in [2.24, 2.45) is 0 Å². The van der Waals surface area contributed by atoms with Crippen LogP contribution >= 0.6 is 7.82 Å². The molecule has 0 saturated carbocycles. The molecule has 0 fully saturated rings. The van der Waals surface area contributed by atoms with Crippen LogP contribution in [0.2, 0.25) is 0 Å². The molecule has 136 valence electrons. The molecule has 0 aromatic heterocycles. The second kappa shape index (κ2) is 9.21. The van der Waals surface area contributed by atoms with Gasteiger partial charge in [-0.2, -0.15) is 0 Å². The van der Waals surface area contributed by atoms with E-state index in [1.807, 2.05) is 0 Å². The molecule has 0 aliphatic carbocycles. The molecule has 0 aliphatic heterocycles. The van der Waals surface area contributed by atoms with E-state index in [-0.39, 0.29) is 6.61 Å². The fraction of sp³-hybridized carbons (Fsp3) is 0.462. The first kappa shape index (κ1) is 20.7. The highest BCUT2D eigenvalue weighted by Crippen LogP contribution is 2.35. The largest absolute Gasteiger partial charge is 0.469 e. The van der Waals surface area contributed by atoms with E-state index in [0.717, 1.165) is 0 Å². The zero-order chi connectivity index (χ0) is 18.3. The number of aliphatic hydroxyl groups is 4. The van der Waals surface area contributed by atoms with E-state index in [9.17, 15) is 29.8 Å². The van der Waals surface area contributed by atoms with Gasteiger partial charge >= 0.3 is 13.8 Å². The third kappa shape index (κ3) is 7.04. The highest BCUT2D eigenvalue weighted by Gasteiger charge is 2.36. The van der Waals surface area contributed by atoms with E-state index in [0.29, 0.717) is 5.56 Å². The maximum absolute atomic E-state index is 11.6. The lowest BCUT2D eigenvalue weighted by atomic mass is 10.0. The third-order valence-electron chi connectivity index (χ3n) is 2.95. The van der Waals surface area contributed by atoms with Crippen molar-refractivity contribution in [3.05, 3.63) is 35.9 Å². The van der Waals surface area contributed by atoms with Gasteiger partial charge in [0.1, 0.15) is 24.9 Å². The topological polar surface area (TPSA) is 174 Å². The molecule has 6 N–H and O–H groups in total. The fourth-order valence-electron chi connectivity index (χ4n) is 1.64. The Morgan fingerprint density at radius 2 is 1.62 bits per heavy atom. The molecular formula is C13H19O10P. The Morgan fingerprint density at radius 3 is 2.17 bits per heavy atom. The first-order chi connectivity index (χ1) is 11.1. The van der Waals surface area contributed by atoms with Crippen LogP contribution in [0.5, 0.6) is 0 Å². The van der Waals surface area contributed by atoms with E-state index in [1.165, 1.54) is 0 Å². The molecule has 0 bridgehead atoms. The Morgan fingerprint density at radius 1 is 1.04 bits per heavy atom. The molecule has 1 aromatic carbocycles. The zero-order valence-corrected chi connectivity index (χ0v) is 13.3. The summed E-state index contributed by atoms with van der Waals surface area (Å²) in [6.45, 7) is -1.20. The summed E-state index contributed by atoms with van der Waals surface area (Å²) < 4.78 is 19.2. The van der Waals surface area contributed by atoms with E-state index in [4.69, 9.17) is 14.5 Å². The smallest absolute Gasteiger partial charge is 0.459 e. The Kier molecular flexibility index (Phi) is 7.94. The van der Waals surface area contributed by atoms with Crippen LogP contribution in [0.1, 0.15) is 5.56 Å². The fourth-order valence-corrected chi connectivity index (χ4v) is 1.99. The van der Waals surface area contributed by atoms with Gasteiger partial charge in [-0.3, -0.25) is 4.52 Å². The van der Waals surface area contributed by atoms with Crippen molar-refractivity contribution in [2.75, 3.05) is 6.61 Å². The number of hydrogen-bond acceptors (Lipinski definition) is 8. The molecule has 0 spiro atoms. The van der Waals surface area contributed by atoms with Crippen molar-refractivity contribution in [1.29, 1.82) is 0 Å². The molecule has 1 rings (SSSR count). The predicted octanol–water partition coefficient (Wildman–Crippen LogP) is -1.72. The van der Waals surface area contributed by atoms with Gasteiger partial charge in [0.05, 0.1) is 6.61 Å².